The zero-order valence-corrected chi connectivity index (χ0v) is 22.1. The Hall–Kier alpha value is -3.71. The van der Waals surface area contributed by atoms with Crippen molar-refractivity contribution in [2.45, 2.75) is 44.4 Å². The number of carbonyl (C=O) groups excluding carboxylic acids is 1. The first-order valence-electron chi connectivity index (χ1n) is 13.1. The Kier molecular flexibility index (Phi) is 13.7. The van der Waals surface area contributed by atoms with Crippen molar-refractivity contribution in [2.24, 2.45) is 0 Å². The highest BCUT2D eigenvalue weighted by Gasteiger charge is 2.23. The molecule has 40 heavy (non-hydrogen) atoms. The number of para-hydroxylation sites is 3. The molecule has 4 atom stereocenters. The van der Waals surface area contributed by atoms with Gasteiger partial charge in [-0.1, -0.05) is 54.6 Å². The van der Waals surface area contributed by atoms with Crippen molar-refractivity contribution in [3.8, 4) is 17.2 Å². The van der Waals surface area contributed by atoms with Crippen molar-refractivity contribution in [3.05, 3.63) is 91.0 Å². The number of hydrogen-bond donors (Lipinski definition) is 6. The molecule has 0 aliphatic rings. The second-order valence-electron chi connectivity index (χ2n) is 8.68. The molecule has 3 aromatic carbocycles. The summed E-state index contributed by atoms with van der Waals surface area (Å²) in [5, 5.41) is 39.3. The van der Waals surface area contributed by atoms with Gasteiger partial charge in [-0.05, 0) is 55.7 Å². The highest BCUT2D eigenvalue weighted by Crippen LogP contribution is 2.13. The maximum absolute atomic E-state index is 11.9. The first-order valence-corrected chi connectivity index (χ1v) is 13.1. The Morgan fingerprint density at radius 2 is 1.25 bits per heavy atom. The number of rotatable bonds is 18. The number of amides is 1. The summed E-state index contributed by atoms with van der Waals surface area (Å²) < 4.78 is 21.5. The summed E-state index contributed by atoms with van der Waals surface area (Å²) in [6, 6.07) is 25.7. The Morgan fingerprint density at radius 1 is 0.700 bits per heavy atom. The van der Waals surface area contributed by atoms with Crippen LogP contribution in [0.15, 0.2) is 91.0 Å². The van der Waals surface area contributed by atoms with Crippen LogP contribution in [0, 0.1) is 0 Å². The molecule has 11 nitrogen and oxygen atoms in total. The number of hydrogen-bond acceptors (Lipinski definition) is 10. The van der Waals surface area contributed by atoms with Gasteiger partial charge in [-0.15, -0.1) is 0 Å². The van der Waals surface area contributed by atoms with Crippen molar-refractivity contribution in [3.63, 3.8) is 0 Å². The standard InChI is InChI=1S/C29H37N3O8/c33-26(37-21-20-31-28(35)39-23-14-6-2-7-15-23)25(32-29(36)40-24-16-8-3-9-17-24)18-10-11-19-30-27(34)38-22-12-4-1-5-13-22/h1-9,12-17,25-26,28-29,31-33,35-36H,10-11,18-21H2,(H,30,34)/t25?,26-,28?,29-/m0/s1. The van der Waals surface area contributed by atoms with Crippen LogP contribution < -0.4 is 30.2 Å². The molecule has 0 saturated carbocycles. The predicted octanol–water partition coefficient (Wildman–Crippen LogP) is 2.54. The summed E-state index contributed by atoms with van der Waals surface area (Å²) in [5.41, 5.74) is 0. The predicted molar refractivity (Wildman–Crippen MR) is 147 cm³/mol. The topological polar surface area (TPSA) is 151 Å². The lowest BCUT2D eigenvalue weighted by atomic mass is 10.1. The average Bonchev–Trinajstić information content (AvgIpc) is 2.96. The lowest BCUT2D eigenvalue weighted by Gasteiger charge is -2.27. The molecule has 0 spiro atoms. The summed E-state index contributed by atoms with van der Waals surface area (Å²) in [6.07, 6.45) is -2.92. The third-order valence-electron chi connectivity index (χ3n) is 5.56. The van der Waals surface area contributed by atoms with Gasteiger partial charge in [0.25, 0.3) is 12.8 Å². The van der Waals surface area contributed by atoms with Crippen LogP contribution in [0.5, 0.6) is 17.2 Å². The number of aliphatic hydroxyl groups excluding tert-OH is 3. The molecule has 1 amide bonds. The summed E-state index contributed by atoms with van der Waals surface area (Å²) >= 11 is 0. The molecule has 11 heteroatoms. The highest BCUT2D eigenvalue weighted by atomic mass is 16.6. The van der Waals surface area contributed by atoms with E-state index < -0.39 is 31.3 Å². The Morgan fingerprint density at radius 3 is 1.85 bits per heavy atom. The number of unbranched alkanes of at least 4 members (excludes halogenated alkanes) is 1. The summed E-state index contributed by atoms with van der Waals surface area (Å²) in [6.45, 7) is 0.604. The molecule has 6 N–H and O–H groups in total. The Balaban J connectivity index is 1.40. The Labute approximate surface area is 233 Å². The minimum atomic E-state index is -1.40. The van der Waals surface area contributed by atoms with Crippen molar-refractivity contribution < 1.29 is 39.1 Å². The fourth-order valence-electron chi connectivity index (χ4n) is 3.61. The summed E-state index contributed by atoms with van der Waals surface area (Å²) in [4.78, 5) is 11.9. The van der Waals surface area contributed by atoms with E-state index in [2.05, 4.69) is 16.0 Å². The maximum atomic E-state index is 11.9. The molecule has 0 bridgehead atoms. The van der Waals surface area contributed by atoms with Crippen molar-refractivity contribution in [1.82, 2.24) is 16.0 Å². The molecule has 0 radical (unpaired) electrons. The van der Waals surface area contributed by atoms with Crippen LogP contribution >= 0.6 is 0 Å². The second kappa shape index (κ2) is 17.8. The zero-order chi connectivity index (χ0) is 28.4. The molecule has 3 aromatic rings. The van der Waals surface area contributed by atoms with E-state index in [0.29, 0.717) is 43.1 Å². The molecule has 0 saturated heterocycles. The SMILES string of the molecule is O=C(NCCCCC(N[C@@H](O)Oc1ccccc1)[C@@H](O)OCCNC(O)Oc1ccccc1)Oc1ccccc1. The first-order chi connectivity index (χ1) is 19.5. The summed E-state index contributed by atoms with van der Waals surface area (Å²) in [5.74, 6) is 1.41. The first kappa shape index (κ1) is 30.8. The quantitative estimate of drug-likeness (QED) is 0.102. The van der Waals surface area contributed by atoms with E-state index in [0.717, 1.165) is 0 Å². The van der Waals surface area contributed by atoms with Crippen molar-refractivity contribution in [2.75, 3.05) is 19.7 Å². The van der Waals surface area contributed by atoms with Crippen LogP contribution in [0.4, 0.5) is 4.79 Å². The third-order valence-corrected chi connectivity index (χ3v) is 5.56. The van der Waals surface area contributed by atoms with Crippen LogP contribution in [0.3, 0.4) is 0 Å². The fourth-order valence-corrected chi connectivity index (χ4v) is 3.61. The van der Waals surface area contributed by atoms with Gasteiger partial charge < -0.3 is 39.6 Å². The van der Waals surface area contributed by atoms with E-state index in [1.165, 1.54) is 0 Å². The third kappa shape index (κ3) is 12.4. The molecule has 216 valence electrons. The van der Waals surface area contributed by atoms with Crippen molar-refractivity contribution >= 4 is 6.09 Å². The average molecular weight is 556 g/mol. The van der Waals surface area contributed by atoms with Crippen LogP contribution in [0.2, 0.25) is 0 Å². The smallest absolute Gasteiger partial charge is 0.412 e. The van der Waals surface area contributed by atoms with E-state index in [1.807, 2.05) is 18.2 Å². The van der Waals surface area contributed by atoms with Crippen LogP contribution in [-0.4, -0.2) is 66.3 Å². The maximum Gasteiger partial charge on any atom is 0.412 e. The molecule has 0 aliphatic carbocycles. The van der Waals surface area contributed by atoms with Gasteiger partial charge in [-0.25, -0.2) is 4.79 Å². The normalized spacial score (nSPS) is 14.0. The molecular formula is C29H37N3O8. The molecule has 2 unspecified atom stereocenters. The van der Waals surface area contributed by atoms with E-state index in [9.17, 15) is 20.1 Å². The van der Waals surface area contributed by atoms with E-state index >= 15 is 0 Å². The fraction of sp³-hybridized carbons (Fsp3) is 0.345. The minimum absolute atomic E-state index is 0.0527. The minimum Gasteiger partial charge on any atom is -0.451 e. The molecule has 0 aromatic heterocycles. The molecule has 0 heterocycles. The van der Waals surface area contributed by atoms with Gasteiger partial charge >= 0.3 is 6.09 Å². The molecule has 3 rings (SSSR count). The van der Waals surface area contributed by atoms with Gasteiger partial charge in [-0.2, -0.15) is 0 Å². The highest BCUT2D eigenvalue weighted by molar-refractivity contribution is 5.70. The van der Waals surface area contributed by atoms with Crippen molar-refractivity contribution in [1.29, 1.82) is 0 Å². The lowest BCUT2D eigenvalue weighted by Crippen LogP contribution is -2.49. The number of benzene rings is 3. The van der Waals surface area contributed by atoms with Crippen LogP contribution in [-0.2, 0) is 4.74 Å². The summed E-state index contributed by atoms with van der Waals surface area (Å²) in [7, 11) is 0. The van der Waals surface area contributed by atoms with E-state index in [1.54, 1.807) is 72.8 Å². The molecular weight excluding hydrogens is 518 g/mol. The van der Waals surface area contributed by atoms with E-state index in [-0.39, 0.29) is 13.2 Å². The van der Waals surface area contributed by atoms with Gasteiger partial charge in [0.2, 0.25) is 0 Å². The van der Waals surface area contributed by atoms with Crippen LogP contribution in [0.25, 0.3) is 0 Å². The van der Waals surface area contributed by atoms with E-state index in [4.69, 9.17) is 18.9 Å². The second-order valence-corrected chi connectivity index (χ2v) is 8.68. The lowest BCUT2D eigenvalue weighted by molar-refractivity contribution is -0.147. The molecule has 0 fully saturated rings. The van der Waals surface area contributed by atoms with Gasteiger partial charge in [0.05, 0.1) is 12.6 Å². The van der Waals surface area contributed by atoms with Crippen LogP contribution in [0.1, 0.15) is 19.3 Å². The molecule has 0 aliphatic heterocycles. The van der Waals surface area contributed by atoms with Gasteiger partial charge in [0.15, 0.2) is 6.29 Å². The number of carbonyl (C=O) groups is 1. The number of aliphatic hydroxyl groups is 3. The number of nitrogens with one attached hydrogen (secondary N) is 3. The van der Waals surface area contributed by atoms with Gasteiger partial charge in [0.1, 0.15) is 17.2 Å². The Bertz CT molecular complexity index is 1080. The number of ether oxygens (including phenoxy) is 4. The van der Waals surface area contributed by atoms with Gasteiger partial charge in [0, 0.05) is 13.1 Å². The van der Waals surface area contributed by atoms with Gasteiger partial charge in [-0.3, -0.25) is 10.6 Å². The largest absolute Gasteiger partial charge is 0.451 e. The monoisotopic (exact) mass is 555 g/mol. The zero-order valence-electron chi connectivity index (χ0n) is 22.1.